The van der Waals surface area contributed by atoms with Gasteiger partial charge in [-0.05, 0) is 72.6 Å². The zero-order valence-corrected chi connectivity index (χ0v) is 30.2. The van der Waals surface area contributed by atoms with E-state index in [0.29, 0.717) is 57.8 Å². The minimum Gasteiger partial charge on any atom is -0.385 e. The zero-order valence-electron chi connectivity index (χ0n) is 30.2. The summed E-state index contributed by atoms with van der Waals surface area (Å²) >= 11 is 0. The van der Waals surface area contributed by atoms with Crippen LogP contribution in [-0.4, -0.2) is 52.5 Å². The third-order valence-electron chi connectivity index (χ3n) is 13.1. The van der Waals surface area contributed by atoms with E-state index in [1.54, 1.807) is 0 Å². The molecule has 0 bridgehead atoms. The average molecular weight is 731 g/mol. The van der Waals surface area contributed by atoms with Crippen molar-refractivity contribution in [2.75, 3.05) is 13.2 Å². The van der Waals surface area contributed by atoms with Crippen molar-refractivity contribution in [3.05, 3.63) is 94.8 Å². The van der Waals surface area contributed by atoms with Crippen LogP contribution >= 0.6 is 0 Å². The summed E-state index contributed by atoms with van der Waals surface area (Å²) in [6.45, 7) is 11.7. The topological polar surface area (TPSA) is 83.0 Å². The highest BCUT2D eigenvalue weighted by atomic mass is 19.4. The fraction of sp³-hybridized carbons (Fsp3) is 0.610. The number of hydrogen-bond acceptors (Lipinski definition) is 6. The molecule has 6 nitrogen and oxygen atoms in total. The minimum absolute atomic E-state index is 0.0449. The van der Waals surface area contributed by atoms with Crippen LogP contribution in [-0.2, 0) is 22.6 Å². The van der Waals surface area contributed by atoms with Gasteiger partial charge in [0, 0.05) is 42.7 Å². The number of hydrogen-bond donors (Lipinski definition) is 4. The van der Waals surface area contributed by atoms with Crippen molar-refractivity contribution in [1.82, 2.24) is 10.6 Å². The number of alkyl halides is 5. The van der Waals surface area contributed by atoms with E-state index in [9.17, 15) is 23.4 Å². The summed E-state index contributed by atoms with van der Waals surface area (Å²) in [5, 5.41) is 30.6. The molecular weight excluding hydrogens is 679 g/mol. The molecule has 4 N–H and O–H groups in total. The van der Waals surface area contributed by atoms with Crippen molar-refractivity contribution in [1.29, 1.82) is 0 Å². The molecule has 1 aliphatic heterocycles. The third kappa shape index (κ3) is 6.17. The van der Waals surface area contributed by atoms with Gasteiger partial charge in [0.05, 0.1) is 24.6 Å². The van der Waals surface area contributed by atoms with E-state index in [1.165, 1.54) is 6.92 Å². The highest BCUT2D eigenvalue weighted by molar-refractivity contribution is 5.45. The molecule has 6 atom stereocenters. The summed E-state index contributed by atoms with van der Waals surface area (Å²) in [5.74, 6) is -7.12. The molecule has 7 rings (SSSR count). The van der Waals surface area contributed by atoms with Crippen molar-refractivity contribution in [3.63, 3.8) is 0 Å². The van der Waals surface area contributed by atoms with Crippen molar-refractivity contribution in [2.24, 2.45) is 22.7 Å². The fourth-order valence-electron chi connectivity index (χ4n) is 10.3. The molecule has 5 aliphatic rings. The van der Waals surface area contributed by atoms with Gasteiger partial charge in [0.25, 0.3) is 0 Å². The Morgan fingerprint density at radius 2 is 1.46 bits per heavy atom. The Balaban J connectivity index is 1.20. The molecule has 52 heavy (non-hydrogen) atoms. The lowest BCUT2D eigenvalue weighted by molar-refractivity contribution is -0.362. The van der Waals surface area contributed by atoms with Crippen molar-refractivity contribution < 1.29 is 41.6 Å². The van der Waals surface area contributed by atoms with Gasteiger partial charge in [-0.1, -0.05) is 87.5 Å². The third-order valence-corrected chi connectivity index (χ3v) is 13.1. The number of nitrogens with one attached hydrogen (secondary N) is 2. The maximum absolute atomic E-state index is 15.5. The lowest BCUT2D eigenvalue weighted by atomic mass is 9.49. The van der Waals surface area contributed by atoms with Gasteiger partial charge in [0.1, 0.15) is 5.60 Å². The molecule has 0 amide bonds. The smallest absolute Gasteiger partial charge is 0.385 e. The summed E-state index contributed by atoms with van der Waals surface area (Å²) in [6.07, 6.45) is -4.68. The molecule has 1 spiro atoms. The van der Waals surface area contributed by atoms with E-state index >= 15 is 8.78 Å². The first kappa shape index (κ1) is 37.3. The molecule has 1 heterocycles. The van der Waals surface area contributed by atoms with E-state index in [-0.39, 0.29) is 30.6 Å². The van der Waals surface area contributed by atoms with Gasteiger partial charge < -0.3 is 30.3 Å². The minimum atomic E-state index is -5.90. The van der Waals surface area contributed by atoms with Crippen LogP contribution in [0.25, 0.3) is 0 Å². The van der Waals surface area contributed by atoms with E-state index < -0.39 is 52.8 Å². The van der Waals surface area contributed by atoms with Gasteiger partial charge in [-0.15, -0.1) is 0 Å². The van der Waals surface area contributed by atoms with Crippen LogP contribution in [0.3, 0.4) is 0 Å². The first-order valence-corrected chi connectivity index (χ1v) is 18.5. The van der Waals surface area contributed by atoms with Crippen LogP contribution in [0.1, 0.15) is 94.7 Å². The SMILES string of the molecule is C=C(NCc1ccccc1)NCc1ccc([C@H]2CC3(C)C(CC[C@@]3(O)C(F)(F)C(F)(F)F)C3CCC4(O)CC5(CCC4=C32)OCC(C)(C)CO5)cc1. The zero-order chi connectivity index (χ0) is 37.4. The normalized spacial score (nSPS) is 33.9. The second-order valence-electron chi connectivity index (χ2n) is 17.1. The van der Waals surface area contributed by atoms with E-state index in [2.05, 4.69) is 31.1 Å². The molecule has 284 valence electrons. The monoisotopic (exact) mass is 730 g/mol. The lowest BCUT2D eigenvalue weighted by Gasteiger charge is -2.59. The molecule has 0 radical (unpaired) electrons. The number of allylic oxidation sites excluding steroid dienone is 1. The van der Waals surface area contributed by atoms with E-state index in [0.717, 1.165) is 27.8 Å². The van der Waals surface area contributed by atoms with Crippen LogP contribution in [0.15, 0.2) is 78.1 Å². The van der Waals surface area contributed by atoms with Crippen LogP contribution in [0.5, 0.6) is 0 Å². The second kappa shape index (κ2) is 12.8. The maximum atomic E-state index is 15.5. The van der Waals surface area contributed by atoms with Crippen LogP contribution in [0, 0.1) is 22.7 Å². The Kier molecular flexibility index (Phi) is 9.20. The molecular formula is C41H51F5N2O4. The highest BCUT2D eigenvalue weighted by Crippen LogP contribution is 2.71. The number of fused-ring (bicyclic) bond motifs is 4. The molecule has 2 aromatic carbocycles. The van der Waals surface area contributed by atoms with Gasteiger partial charge >= 0.3 is 12.1 Å². The Morgan fingerprint density at radius 3 is 2.08 bits per heavy atom. The van der Waals surface area contributed by atoms with Gasteiger partial charge in [-0.3, -0.25) is 0 Å². The van der Waals surface area contributed by atoms with Crippen LogP contribution < -0.4 is 10.6 Å². The Labute approximate surface area is 302 Å². The first-order chi connectivity index (χ1) is 24.3. The van der Waals surface area contributed by atoms with Gasteiger partial charge in [0.15, 0.2) is 5.79 Å². The molecule has 1 saturated heterocycles. The van der Waals surface area contributed by atoms with Crippen LogP contribution in [0.4, 0.5) is 22.0 Å². The van der Waals surface area contributed by atoms with Crippen molar-refractivity contribution in [3.8, 4) is 0 Å². The maximum Gasteiger partial charge on any atom is 0.456 e. The summed E-state index contributed by atoms with van der Waals surface area (Å²) in [7, 11) is 0. The summed E-state index contributed by atoms with van der Waals surface area (Å²) < 4.78 is 85.6. The molecule has 2 aromatic rings. The first-order valence-electron chi connectivity index (χ1n) is 18.5. The average Bonchev–Trinajstić information content (AvgIpc) is 3.38. The van der Waals surface area contributed by atoms with Crippen molar-refractivity contribution >= 4 is 0 Å². The van der Waals surface area contributed by atoms with E-state index in [1.807, 2.05) is 54.6 Å². The predicted molar refractivity (Wildman–Crippen MR) is 187 cm³/mol. The largest absolute Gasteiger partial charge is 0.456 e. The number of halogens is 5. The van der Waals surface area contributed by atoms with E-state index in [4.69, 9.17) is 9.47 Å². The lowest BCUT2D eigenvalue weighted by Crippen LogP contribution is -2.65. The molecule has 3 saturated carbocycles. The highest BCUT2D eigenvalue weighted by Gasteiger charge is 2.79. The number of rotatable bonds is 8. The number of aliphatic hydroxyl groups is 2. The summed E-state index contributed by atoms with van der Waals surface area (Å²) in [5.41, 5.74) is -1.86. The predicted octanol–water partition coefficient (Wildman–Crippen LogP) is 8.26. The molecule has 4 unspecified atom stereocenters. The molecule has 4 fully saturated rings. The molecule has 4 aliphatic carbocycles. The van der Waals surface area contributed by atoms with Crippen LogP contribution in [0.2, 0.25) is 0 Å². The van der Waals surface area contributed by atoms with Gasteiger partial charge in [-0.2, -0.15) is 22.0 Å². The quantitative estimate of drug-likeness (QED) is 0.162. The van der Waals surface area contributed by atoms with Crippen molar-refractivity contribution in [2.45, 2.75) is 120 Å². The second-order valence-corrected chi connectivity index (χ2v) is 17.1. The Morgan fingerprint density at radius 1 is 0.846 bits per heavy atom. The van der Waals surface area contributed by atoms with Gasteiger partial charge in [-0.25, -0.2) is 0 Å². The Hall–Kier alpha value is -2.99. The molecule has 11 heteroatoms. The number of ether oxygens (including phenoxy) is 2. The summed E-state index contributed by atoms with van der Waals surface area (Å²) in [6, 6.07) is 17.6. The van der Waals surface area contributed by atoms with Gasteiger partial charge in [0.2, 0.25) is 0 Å². The number of benzene rings is 2. The summed E-state index contributed by atoms with van der Waals surface area (Å²) in [4.78, 5) is 0. The fourth-order valence-corrected chi connectivity index (χ4v) is 10.3. The standard InChI is InChI=1S/C41H51F5N2O4/c1-26(47-21-27-8-6-5-7-9-27)48-22-28-10-12-29(13-11-28)31-20-36(4)32(16-19-39(36,50)40(42,43)41(44,45)46)30-14-17-37(49)23-38(18-15-33(37)34(30)31)51-24-35(2,3)25-52-38/h5-13,30-32,47-50H,1,14-25H2,2-4H3/t30?,31-,32?,36?,37?,39+/m1/s1. The Bertz CT molecular complexity index is 1680. The molecule has 0 aromatic heterocycles.